The minimum absolute atomic E-state index is 0.0479. The summed E-state index contributed by atoms with van der Waals surface area (Å²) in [6.45, 7) is 1.10. The molecule has 0 radical (unpaired) electrons. The Bertz CT molecular complexity index is 496. The molecule has 0 heterocycles. The van der Waals surface area contributed by atoms with E-state index in [-0.39, 0.29) is 18.7 Å². The molecule has 1 aliphatic carbocycles. The maximum absolute atomic E-state index is 12.0. The zero-order valence-electron chi connectivity index (χ0n) is 12.1. The van der Waals surface area contributed by atoms with Gasteiger partial charge in [0.1, 0.15) is 0 Å². The predicted octanol–water partition coefficient (Wildman–Crippen LogP) is 3.13. The van der Waals surface area contributed by atoms with Gasteiger partial charge in [0, 0.05) is 30.8 Å². The molecular formula is C16H22N2O3. The minimum atomic E-state index is -1.10. The highest BCUT2D eigenvalue weighted by Crippen LogP contribution is 2.25. The number of nitrogens with one attached hydrogen (secondary N) is 2. The summed E-state index contributed by atoms with van der Waals surface area (Å²) in [5.41, 5.74) is 1.58. The molecule has 5 nitrogen and oxygen atoms in total. The standard InChI is InChI=1S/C16H22N2O3/c19-15(8-9-17-16(20)21)13-6-3-7-14(10-13)18-11-12-4-1-2-5-12/h3,6-7,10,12,17-18H,1-2,4-5,8-9,11H2,(H,20,21). The molecule has 0 aliphatic heterocycles. The van der Waals surface area contributed by atoms with Crippen molar-refractivity contribution in [1.82, 2.24) is 5.32 Å². The highest BCUT2D eigenvalue weighted by Gasteiger charge is 2.14. The van der Waals surface area contributed by atoms with Crippen molar-refractivity contribution in [3.63, 3.8) is 0 Å². The van der Waals surface area contributed by atoms with Crippen molar-refractivity contribution >= 4 is 17.6 Å². The first-order valence-electron chi connectivity index (χ1n) is 7.49. The minimum Gasteiger partial charge on any atom is -0.465 e. The number of anilines is 1. The molecule has 0 bridgehead atoms. The first-order chi connectivity index (χ1) is 10.1. The molecule has 0 spiro atoms. The number of hydrogen-bond donors (Lipinski definition) is 3. The van der Waals surface area contributed by atoms with Crippen LogP contribution in [-0.4, -0.2) is 30.1 Å². The first-order valence-corrected chi connectivity index (χ1v) is 7.49. The van der Waals surface area contributed by atoms with Crippen LogP contribution < -0.4 is 10.6 Å². The third-order valence-electron chi connectivity index (χ3n) is 3.88. The second-order valence-corrected chi connectivity index (χ2v) is 5.52. The molecule has 1 fully saturated rings. The van der Waals surface area contributed by atoms with E-state index in [0.717, 1.165) is 18.2 Å². The number of ketones is 1. The molecule has 1 amide bonds. The van der Waals surface area contributed by atoms with Gasteiger partial charge in [0.05, 0.1) is 0 Å². The van der Waals surface area contributed by atoms with Crippen molar-refractivity contribution in [2.75, 3.05) is 18.4 Å². The molecule has 0 saturated heterocycles. The van der Waals surface area contributed by atoms with E-state index in [2.05, 4.69) is 10.6 Å². The average molecular weight is 290 g/mol. The topological polar surface area (TPSA) is 78.4 Å². The fraction of sp³-hybridized carbons (Fsp3) is 0.500. The maximum atomic E-state index is 12.0. The summed E-state index contributed by atoms with van der Waals surface area (Å²) in [6.07, 6.45) is 4.29. The Morgan fingerprint density at radius 3 is 2.71 bits per heavy atom. The van der Waals surface area contributed by atoms with Crippen LogP contribution in [0.25, 0.3) is 0 Å². The van der Waals surface area contributed by atoms with Crippen LogP contribution in [0, 0.1) is 5.92 Å². The van der Waals surface area contributed by atoms with Crippen molar-refractivity contribution in [1.29, 1.82) is 0 Å². The van der Waals surface area contributed by atoms with E-state index in [1.165, 1.54) is 25.7 Å². The highest BCUT2D eigenvalue weighted by molar-refractivity contribution is 5.97. The van der Waals surface area contributed by atoms with Crippen molar-refractivity contribution in [3.8, 4) is 0 Å². The molecule has 1 aromatic rings. The highest BCUT2D eigenvalue weighted by atomic mass is 16.4. The Morgan fingerprint density at radius 2 is 2.00 bits per heavy atom. The number of amides is 1. The maximum Gasteiger partial charge on any atom is 0.404 e. The van der Waals surface area contributed by atoms with Crippen molar-refractivity contribution in [3.05, 3.63) is 29.8 Å². The van der Waals surface area contributed by atoms with E-state index < -0.39 is 6.09 Å². The first kappa shape index (κ1) is 15.4. The molecule has 1 aromatic carbocycles. The van der Waals surface area contributed by atoms with E-state index in [0.29, 0.717) is 5.56 Å². The molecule has 1 saturated carbocycles. The SMILES string of the molecule is O=C(O)NCCC(=O)c1cccc(NCC2CCCC2)c1. The number of carboxylic acid groups (broad SMARTS) is 1. The van der Waals surface area contributed by atoms with Gasteiger partial charge < -0.3 is 15.7 Å². The van der Waals surface area contributed by atoms with Gasteiger partial charge in [-0.05, 0) is 30.9 Å². The zero-order valence-corrected chi connectivity index (χ0v) is 12.1. The number of carbonyl (C=O) groups is 2. The Balaban J connectivity index is 1.84. The average Bonchev–Trinajstić information content (AvgIpc) is 2.98. The van der Waals surface area contributed by atoms with Crippen LogP contribution in [0.3, 0.4) is 0 Å². The van der Waals surface area contributed by atoms with Gasteiger partial charge in [-0.25, -0.2) is 4.79 Å². The second kappa shape index (κ2) is 7.67. The summed E-state index contributed by atoms with van der Waals surface area (Å²) >= 11 is 0. The van der Waals surface area contributed by atoms with Crippen molar-refractivity contribution in [2.45, 2.75) is 32.1 Å². The van der Waals surface area contributed by atoms with Crippen LogP contribution in [0.1, 0.15) is 42.5 Å². The summed E-state index contributed by atoms with van der Waals surface area (Å²) in [4.78, 5) is 22.3. The monoisotopic (exact) mass is 290 g/mol. The molecule has 114 valence electrons. The number of carbonyl (C=O) groups excluding carboxylic acids is 1. The summed E-state index contributed by atoms with van der Waals surface area (Å²) in [5, 5.41) is 14.1. The molecule has 0 unspecified atom stereocenters. The Hall–Kier alpha value is -2.04. The van der Waals surface area contributed by atoms with E-state index in [4.69, 9.17) is 5.11 Å². The van der Waals surface area contributed by atoms with Crippen LogP contribution in [0.4, 0.5) is 10.5 Å². The van der Waals surface area contributed by atoms with Gasteiger partial charge in [-0.15, -0.1) is 0 Å². The number of Topliss-reactive ketones (excluding diaryl/α,β-unsaturated/α-hetero) is 1. The lowest BCUT2D eigenvalue weighted by Gasteiger charge is -2.12. The summed E-state index contributed by atoms with van der Waals surface area (Å²) in [6, 6.07) is 7.43. The summed E-state index contributed by atoms with van der Waals surface area (Å²) < 4.78 is 0. The van der Waals surface area contributed by atoms with E-state index in [9.17, 15) is 9.59 Å². The largest absolute Gasteiger partial charge is 0.465 e. The molecule has 3 N–H and O–H groups in total. The normalized spacial score (nSPS) is 14.9. The number of benzene rings is 1. The van der Waals surface area contributed by atoms with Gasteiger partial charge in [-0.1, -0.05) is 25.0 Å². The lowest BCUT2D eigenvalue weighted by Crippen LogP contribution is -2.23. The quantitative estimate of drug-likeness (QED) is 0.674. The predicted molar refractivity (Wildman–Crippen MR) is 81.9 cm³/mol. The van der Waals surface area contributed by atoms with E-state index in [1.807, 2.05) is 18.2 Å². The van der Waals surface area contributed by atoms with Gasteiger partial charge in [0.2, 0.25) is 0 Å². The van der Waals surface area contributed by atoms with Gasteiger partial charge in [0.25, 0.3) is 0 Å². The van der Waals surface area contributed by atoms with Crippen molar-refractivity contribution in [2.24, 2.45) is 5.92 Å². The van der Waals surface area contributed by atoms with E-state index in [1.54, 1.807) is 6.07 Å². The Kier molecular flexibility index (Phi) is 5.60. The Labute approximate surface area is 124 Å². The smallest absolute Gasteiger partial charge is 0.404 e. The molecule has 0 atom stereocenters. The molecule has 2 rings (SSSR count). The third kappa shape index (κ3) is 5.10. The van der Waals surface area contributed by atoms with E-state index >= 15 is 0 Å². The van der Waals surface area contributed by atoms with Crippen molar-refractivity contribution < 1.29 is 14.7 Å². The molecule has 0 aromatic heterocycles. The summed E-state index contributed by atoms with van der Waals surface area (Å²) in [5.74, 6) is 0.692. The third-order valence-corrected chi connectivity index (χ3v) is 3.88. The number of rotatable bonds is 7. The molecule has 21 heavy (non-hydrogen) atoms. The lowest BCUT2D eigenvalue weighted by molar-refractivity contribution is 0.0983. The van der Waals surface area contributed by atoms with Gasteiger partial charge in [-0.3, -0.25) is 4.79 Å². The van der Waals surface area contributed by atoms with Crippen LogP contribution in [0.15, 0.2) is 24.3 Å². The molecule has 5 heteroatoms. The van der Waals surface area contributed by atoms with Crippen LogP contribution >= 0.6 is 0 Å². The molecule has 1 aliphatic rings. The fourth-order valence-electron chi connectivity index (χ4n) is 2.71. The fourth-order valence-corrected chi connectivity index (χ4v) is 2.71. The Morgan fingerprint density at radius 1 is 1.24 bits per heavy atom. The zero-order chi connectivity index (χ0) is 15.1. The lowest BCUT2D eigenvalue weighted by atomic mass is 10.1. The van der Waals surface area contributed by atoms with Gasteiger partial charge in [-0.2, -0.15) is 0 Å². The molecular weight excluding hydrogens is 268 g/mol. The van der Waals surface area contributed by atoms with Crippen LogP contribution in [0.5, 0.6) is 0 Å². The van der Waals surface area contributed by atoms with Gasteiger partial charge >= 0.3 is 6.09 Å². The second-order valence-electron chi connectivity index (χ2n) is 5.52. The summed E-state index contributed by atoms with van der Waals surface area (Å²) in [7, 11) is 0. The van der Waals surface area contributed by atoms with Gasteiger partial charge in [0.15, 0.2) is 5.78 Å². The van der Waals surface area contributed by atoms with Crippen LogP contribution in [0.2, 0.25) is 0 Å². The number of hydrogen-bond acceptors (Lipinski definition) is 3. The van der Waals surface area contributed by atoms with Crippen LogP contribution in [-0.2, 0) is 0 Å².